The summed E-state index contributed by atoms with van der Waals surface area (Å²) in [4.78, 5) is 2.19. The Morgan fingerprint density at radius 1 is 1.05 bits per heavy atom. The molecular weight excluding hydrogens is 268 g/mol. The Hall–Kier alpha value is -1.51. The standard InChI is InChI=1S/C17H21ClN2/c1-12-4-7-16(13(2)10-12)20(3)17-11-15(18)6-5-14(17)8-9-19/h4-7,10-11H,8-9,19H2,1-3H3. The molecule has 20 heavy (non-hydrogen) atoms. The minimum Gasteiger partial charge on any atom is -0.344 e. The number of benzene rings is 2. The number of rotatable bonds is 4. The lowest BCUT2D eigenvalue weighted by molar-refractivity contribution is 0.960. The molecule has 106 valence electrons. The first-order chi connectivity index (χ1) is 9.52. The van der Waals surface area contributed by atoms with Crippen LogP contribution >= 0.6 is 11.6 Å². The fourth-order valence-electron chi connectivity index (χ4n) is 2.53. The maximum Gasteiger partial charge on any atom is 0.0456 e. The molecule has 0 fully saturated rings. The third-order valence-electron chi connectivity index (χ3n) is 3.54. The van der Waals surface area contributed by atoms with E-state index < -0.39 is 0 Å². The second-order valence-corrected chi connectivity index (χ2v) is 5.60. The van der Waals surface area contributed by atoms with E-state index in [1.54, 1.807) is 0 Å². The fourth-order valence-corrected chi connectivity index (χ4v) is 2.69. The molecule has 0 aliphatic heterocycles. The highest BCUT2D eigenvalue weighted by atomic mass is 35.5. The van der Waals surface area contributed by atoms with E-state index >= 15 is 0 Å². The van der Waals surface area contributed by atoms with Gasteiger partial charge in [-0.15, -0.1) is 0 Å². The Bertz CT molecular complexity index is 608. The van der Waals surface area contributed by atoms with Gasteiger partial charge in [-0.2, -0.15) is 0 Å². The molecule has 0 aliphatic rings. The van der Waals surface area contributed by atoms with Crippen molar-refractivity contribution in [3.63, 3.8) is 0 Å². The normalized spacial score (nSPS) is 10.7. The Balaban J connectivity index is 2.46. The first-order valence-corrected chi connectivity index (χ1v) is 7.20. The number of aryl methyl sites for hydroxylation is 2. The molecule has 0 heterocycles. The molecule has 0 unspecified atom stereocenters. The lowest BCUT2D eigenvalue weighted by atomic mass is 10.1. The molecule has 2 aromatic carbocycles. The van der Waals surface area contributed by atoms with Gasteiger partial charge in [0.1, 0.15) is 0 Å². The third kappa shape index (κ3) is 3.14. The number of nitrogens with zero attached hydrogens (tertiary/aromatic N) is 1. The van der Waals surface area contributed by atoms with Crippen LogP contribution in [-0.4, -0.2) is 13.6 Å². The maximum atomic E-state index is 6.16. The van der Waals surface area contributed by atoms with Gasteiger partial charge in [-0.3, -0.25) is 0 Å². The van der Waals surface area contributed by atoms with E-state index in [9.17, 15) is 0 Å². The summed E-state index contributed by atoms with van der Waals surface area (Å²) in [6, 6.07) is 12.5. The van der Waals surface area contributed by atoms with Crippen LogP contribution in [0.25, 0.3) is 0 Å². The lowest BCUT2D eigenvalue weighted by Gasteiger charge is -2.25. The van der Waals surface area contributed by atoms with Gasteiger partial charge in [0.25, 0.3) is 0 Å². The van der Waals surface area contributed by atoms with Crippen LogP contribution in [0.1, 0.15) is 16.7 Å². The number of halogens is 1. The Kier molecular flexibility index (Phi) is 4.69. The molecule has 2 nitrogen and oxygen atoms in total. The number of hydrogen-bond donors (Lipinski definition) is 1. The molecule has 0 aromatic heterocycles. The third-order valence-corrected chi connectivity index (χ3v) is 3.77. The molecule has 3 heteroatoms. The Labute approximate surface area is 126 Å². The smallest absolute Gasteiger partial charge is 0.0456 e. The van der Waals surface area contributed by atoms with Crippen molar-refractivity contribution in [2.45, 2.75) is 20.3 Å². The van der Waals surface area contributed by atoms with E-state index in [1.165, 1.54) is 22.4 Å². The molecule has 2 aromatic rings. The van der Waals surface area contributed by atoms with Gasteiger partial charge in [-0.25, -0.2) is 0 Å². The van der Waals surface area contributed by atoms with Crippen molar-refractivity contribution in [3.8, 4) is 0 Å². The van der Waals surface area contributed by atoms with Crippen molar-refractivity contribution < 1.29 is 0 Å². The van der Waals surface area contributed by atoms with Gasteiger partial charge >= 0.3 is 0 Å². The molecule has 0 spiro atoms. The summed E-state index contributed by atoms with van der Waals surface area (Å²) in [6.07, 6.45) is 0.849. The molecule has 2 N–H and O–H groups in total. The van der Waals surface area contributed by atoms with Crippen LogP contribution in [0.5, 0.6) is 0 Å². The summed E-state index contributed by atoms with van der Waals surface area (Å²) < 4.78 is 0. The van der Waals surface area contributed by atoms with Crippen molar-refractivity contribution in [3.05, 3.63) is 58.1 Å². The van der Waals surface area contributed by atoms with E-state index in [1.807, 2.05) is 12.1 Å². The summed E-state index contributed by atoms with van der Waals surface area (Å²) >= 11 is 6.16. The van der Waals surface area contributed by atoms with Crippen LogP contribution in [0, 0.1) is 13.8 Å². The predicted octanol–water partition coefficient (Wildman–Crippen LogP) is 4.23. The number of hydrogen-bond acceptors (Lipinski definition) is 2. The van der Waals surface area contributed by atoms with Crippen LogP contribution in [-0.2, 0) is 6.42 Å². The van der Waals surface area contributed by atoms with Gasteiger partial charge in [0.15, 0.2) is 0 Å². The summed E-state index contributed by atoms with van der Waals surface area (Å²) in [5.74, 6) is 0. The summed E-state index contributed by atoms with van der Waals surface area (Å²) in [6.45, 7) is 4.87. The zero-order valence-electron chi connectivity index (χ0n) is 12.3. The minimum atomic E-state index is 0.634. The molecule has 0 aliphatic carbocycles. The second kappa shape index (κ2) is 6.29. The maximum absolute atomic E-state index is 6.16. The molecule has 0 atom stereocenters. The molecule has 0 bridgehead atoms. The Morgan fingerprint density at radius 3 is 2.45 bits per heavy atom. The molecule has 0 saturated heterocycles. The first kappa shape index (κ1) is 14.9. The monoisotopic (exact) mass is 288 g/mol. The van der Waals surface area contributed by atoms with E-state index in [0.29, 0.717) is 6.54 Å². The fraction of sp³-hybridized carbons (Fsp3) is 0.294. The van der Waals surface area contributed by atoms with Gasteiger partial charge in [0.05, 0.1) is 0 Å². The first-order valence-electron chi connectivity index (χ1n) is 6.82. The second-order valence-electron chi connectivity index (χ2n) is 5.16. The van der Waals surface area contributed by atoms with Gasteiger partial charge in [-0.1, -0.05) is 35.4 Å². The van der Waals surface area contributed by atoms with Crippen molar-refractivity contribution in [2.75, 3.05) is 18.5 Å². The van der Waals surface area contributed by atoms with Crippen molar-refractivity contribution in [1.82, 2.24) is 0 Å². The van der Waals surface area contributed by atoms with Gasteiger partial charge in [0, 0.05) is 23.4 Å². The lowest BCUT2D eigenvalue weighted by Crippen LogP contribution is -2.15. The predicted molar refractivity (Wildman–Crippen MR) is 88.2 cm³/mol. The average molecular weight is 289 g/mol. The summed E-state index contributed by atoms with van der Waals surface area (Å²) in [5.41, 5.74) is 11.8. The van der Waals surface area contributed by atoms with E-state index in [4.69, 9.17) is 17.3 Å². The van der Waals surface area contributed by atoms with E-state index in [0.717, 1.165) is 17.1 Å². The summed E-state index contributed by atoms with van der Waals surface area (Å²) in [5, 5.41) is 0.748. The van der Waals surface area contributed by atoms with Crippen molar-refractivity contribution >= 4 is 23.0 Å². The largest absolute Gasteiger partial charge is 0.344 e. The van der Waals surface area contributed by atoms with Crippen LogP contribution in [0.2, 0.25) is 5.02 Å². The average Bonchev–Trinajstić information content (AvgIpc) is 2.40. The highest BCUT2D eigenvalue weighted by Gasteiger charge is 2.11. The number of nitrogens with two attached hydrogens (primary N) is 1. The highest BCUT2D eigenvalue weighted by Crippen LogP contribution is 2.32. The highest BCUT2D eigenvalue weighted by molar-refractivity contribution is 6.30. The topological polar surface area (TPSA) is 29.3 Å². The quantitative estimate of drug-likeness (QED) is 0.912. The van der Waals surface area contributed by atoms with Crippen molar-refractivity contribution in [1.29, 1.82) is 0 Å². The van der Waals surface area contributed by atoms with Crippen molar-refractivity contribution in [2.24, 2.45) is 5.73 Å². The molecule has 2 rings (SSSR count). The van der Waals surface area contributed by atoms with E-state index in [2.05, 4.69) is 50.1 Å². The molecule has 0 radical (unpaired) electrons. The molecule has 0 amide bonds. The zero-order chi connectivity index (χ0) is 14.7. The van der Waals surface area contributed by atoms with E-state index in [-0.39, 0.29) is 0 Å². The Morgan fingerprint density at radius 2 is 1.80 bits per heavy atom. The zero-order valence-corrected chi connectivity index (χ0v) is 13.0. The van der Waals surface area contributed by atoms with Crippen LogP contribution in [0.3, 0.4) is 0 Å². The van der Waals surface area contributed by atoms with Gasteiger partial charge in [-0.05, 0) is 56.1 Å². The van der Waals surface area contributed by atoms with Crippen LogP contribution in [0.4, 0.5) is 11.4 Å². The number of anilines is 2. The molecule has 0 saturated carbocycles. The summed E-state index contributed by atoms with van der Waals surface area (Å²) in [7, 11) is 2.07. The SMILES string of the molecule is Cc1ccc(N(C)c2cc(Cl)ccc2CCN)c(C)c1. The van der Waals surface area contributed by atoms with Gasteiger partial charge < -0.3 is 10.6 Å². The van der Waals surface area contributed by atoms with Crippen LogP contribution in [0.15, 0.2) is 36.4 Å². The van der Waals surface area contributed by atoms with Crippen LogP contribution < -0.4 is 10.6 Å². The molecular formula is C17H21ClN2. The van der Waals surface area contributed by atoms with Gasteiger partial charge in [0.2, 0.25) is 0 Å². The minimum absolute atomic E-state index is 0.634.